The quantitative estimate of drug-likeness (QED) is 0.740. The number of ether oxygens (including phenoxy) is 1. The number of nitrogens with zero attached hydrogens (tertiary/aromatic N) is 4. The number of alkyl halides is 1. The van der Waals surface area contributed by atoms with Crippen LogP contribution < -0.4 is 4.74 Å². The predicted octanol–water partition coefficient (Wildman–Crippen LogP) is 1.41. The minimum absolute atomic E-state index is 0.312. The lowest BCUT2D eigenvalue weighted by Crippen LogP contribution is -1.99. The molecular formula is C9H9ClN4O. The van der Waals surface area contributed by atoms with E-state index in [2.05, 4.69) is 15.2 Å². The van der Waals surface area contributed by atoms with Crippen LogP contribution in [-0.2, 0) is 5.88 Å². The zero-order valence-electron chi connectivity index (χ0n) is 8.09. The van der Waals surface area contributed by atoms with Crippen LogP contribution in [-0.4, -0.2) is 26.9 Å². The first-order valence-corrected chi connectivity index (χ1v) is 4.84. The van der Waals surface area contributed by atoms with E-state index in [0.717, 1.165) is 5.69 Å². The second kappa shape index (κ2) is 4.27. The highest BCUT2D eigenvalue weighted by molar-refractivity contribution is 6.16. The summed E-state index contributed by atoms with van der Waals surface area (Å²) in [7, 11) is 1.57. The summed E-state index contributed by atoms with van der Waals surface area (Å²) in [5, 5.41) is 7.66. The van der Waals surface area contributed by atoms with Crippen LogP contribution in [0.1, 0.15) is 5.82 Å². The molecule has 6 heteroatoms. The summed E-state index contributed by atoms with van der Waals surface area (Å²) in [5.74, 6) is 1.56. The molecule has 0 atom stereocenters. The molecule has 2 aromatic rings. The molecule has 0 amide bonds. The summed E-state index contributed by atoms with van der Waals surface area (Å²) in [4.78, 5) is 4.09. The van der Waals surface area contributed by atoms with E-state index in [4.69, 9.17) is 16.3 Å². The molecular weight excluding hydrogens is 216 g/mol. The molecule has 0 bridgehead atoms. The van der Waals surface area contributed by atoms with Gasteiger partial charge in [0.2, 0.25) is 5.88 Å². The first kappa shape index (κ1) is 9.92. The third-order valence-corrected chi connectivity index (χ3v) is 2.18. The van der Waals surface area contributed by atoms with Crippen molar-refractivity contribution in [1.82, 2.24) is 19.7 Å². The van der Waals surface area contributed by atoms with E-state index < -0.39 is 0 Å². The van der Waals surface area contributed by atoms with E-state index in [1.165, 1.54) is 0 Å². The van der Waals surface area contributed by atoms with Gasteiger partial charge in [-0.1, -0.05) is 0 Å². The maximum atomic E-state index is 5.71. The van der Waals surface area contributed by atoms with Crippen LogP contribution in [0.2, 0.25) is 0 Å². The number of rotatable bonds is 3. The third kappa shape index (κ3) is 1.92. The van der Waals surface area contributed by atoms with Crippen LogP contribution in [0.3, 0.4) is 0 Å². The molecule has 15 heavy (non-hydrogen) atoms. The Bertz CT molecular complexity index is 440. The molecule has 0 radical (unpaired) electrons. The number of pyridine rings is 1. The SMILES string of the molecule is COc1ccc(-n2cnnc2CCl)cn1. The van der Waals surface area contributed by atoms with Crippen LogP contribution in [0, 0.1) is 0 Å². The molecule has 2 aromatic heterocycles. The van der Waals surface area contributed by atoms with Gasteiger partial charge in [-0.05, 0) is 6.07 Å². The molecule has 78 valence electrons. The van der Waals surface area contributed by atoms with Crippen molar-refractivity contribution < 1.29 is 4.74 Å². The Morgan fingerprint density at radius 1 is 1.47 bits per heavy atom. The number of hydrogen-bond donors (Lipinski definition) is 0. The van der Waals surface area contributed by atoms with Gasteiger partial charge in [0.15, 0.2) is 5.82 Å². The van der Waals surface area contributed by atoms with Crippen molar-refractivity contribution in [2.24, 2.45) is 0 Å². The van der Waals surface area contributed by atoms with Gasteiger partial charge in [0.1, 0.15) is 6.33 Å². The lowest BCUT2D eigenvalue weighted by atomic mass is 10.4. The predicted molar refractivity (Wildman–Crippen MR) is 55.3 cm³/mol. The Hall–Kier alpha value is -1.62. The van der Waals surface area contributed by atoms with E-state index >= 15 is 0 Å². The highest BCUT2D eigenvalue weighted by Gasteiger charge is 2.05. The number of aromatic nitrogens is 4. The van der Waals surface area contributed by atoms with Gasteiger partial charge < -0.3 is 4.74 Å². The zero-order chi connectivity index (χ0) is 10.7. The van der Waals surface area contributed by atoms with E-state index in [-0.39, 0.29) is 0 Å². The normalized spacial score (nSPS) is 10.3. The topological polar surface area (TPSA) is 52.8 Å². The van der Waals surface area contributed by atoms with Gasteiger partial charge in [-0.25, -0.2) is 4.98 Å². The van der Waals surface area contributed by atoms with Gasteiger partial charge in [-0.2, -0.15) is 0 Å². The third-order valence-electron chi connectivity index (χ3n) is 1.95. The molecule has 0 spiro atoms. The molecule has 0 N–H and O–H groups in total. The highest BCUT2D eigenvalue weighted by atomic mass is 35.5. The summed E-state index contributed by atoms with van der Waals surface area (Å²) in [6.45, 7) is 0. The maximum Gasteiger partial charge on any atom is 0.213 e. The number of methoxy groups -OCH3 is 1. The van der Waals surface area contributed by atoms with E-state index in [0.29, 0.717) is 17.6 Å². The summed E-state index contributed by atoms with van der Waals surface area (Å²) in [6, 6.07) is 3.64. The Morgan fingerprint density at radius 2 is 2.33 bits per heavy atom. The van der Waals surface area contributed by atoms with Gasteiger partial charge in [0.25, 0.3) is 0 Å². The van der Waals surface area contributed by atoms with Crippen LogP contribution in [0.25, 0.3) is 5.69 Å². The Morgan fingerprint density at radius 3 is 2.93 bits per heavy atom. The van der Waals surface area contributed by atoms with Crippen molar-refractivity contribution >= 4 is 11.6 Å². The molecule has 5 nitrogen and oxygen atoms in total. The molecule has 0 aliphatic rings. The smallest absolute Gasteiger partial charge is 0.213 e. The molecule has 0 unspecified atom stereocenters. The highest BCUT2D eigenvalue weighted by Crippen LogP contribution is 2.13. The lowest BCUT2D eigenvalue weighted by Gasteiger charge is -2.04. The first-order chi connectivity index (χ1) is 7.35. The fourth-order valence-electron chi connectivity index (χ4n) is 1.20. The number of hydrogen-bond acceptors (Lipinski definition) is 4. The van der Waals surface area contributed by atoms with Crippen molar-refractivity contribution in [2.45, 2.75) is 5.88 Å². The number of halogens is 1. The summed E-state index contributed by atoms with van der Waals surface area (Å²) in [5.41, 5.74) is 0.858. The fraction of sp³-hybridized carbons (Fsp3) is 0.222. The van der Waals surface area contributed by atoms with Crippen LogP contribution >= 0.6 is 11.6 Å². The molecule has 0 fully saturated rings. The van der Waals surface area contributed by atoms with Crippen molar-refractivity contribution in [3.05, 3.63) is 30.5 Å². The average Bonchev–Trinajstić information content (AvgIpc) is 2.77. The van der Waals surface area contributed by atoms with E-state index in [9.17, 15) is 0 Å². The average molecular weight is 225 g/mol. The molecule has 0 aromatic carbocycles. The Balaban J connectivity index is 2.37. The van der Waals surface area contributed by atoms with Crippen LogP contribution in [0.4, 0.5) is 0 Å². The summed E-state index contributed by atoms with van der Waals surface area (Å²) >= 11 is 5.71. The van der Waals surface area contributed by atoms with Crippen molar-refractivity contribution in [1.29, 1.82) is 0 Å². The van der Waals surface area contributed by atoms with Gasteiger partial charge in [0.05, 0.1) is 24.9 Å². The molecule has 0 saturated carbocycles. The van der Waals surface area contributed by atoms with E-state index in [1.54, 1.807) is 30.3 Å². The van der Waals surface area contributed by atoms with Crippen molar-refractivity contribution in [3.63, 3.8) is 0 Å². The van der Waals surface area contributed by atoms with Crippen LogP contribution in [0.15, 0.2) is 24.7 Å². The minimum Gasteiger partial charge on any atom is -0.481 e. The molecule has 2 heterocycles. The van der Waals surface area contributed by atoms with Gasteiger partial charge in [-0.15, -0.1) is 21.8 Å². The van der Waals surface area contributed by atoms with Gasteiger partial charge in [-0.3, -0.25) is 4.57 Å². The maximum absolute atomic E-state index is 5.71. The van der Waals surface area contributed by atoms with Crippen molar-refractivity contribution in [2.75, 3.05) is 7.11 Å². The molecule has 0 aliphatic carbocycles. The van der Waals surface area contributed by atoms with Gasteiger partial charge in [0, 0.05) is 6.07 Å². The Labute approximate surface area is 91.7 Å². The fourth-order valence-corrected chi connectivity index (χ4v) is 1.38. The summed E-state index contributed by atoms with van der Waals surface area (Å²) < 4.78 is 6.74. The summed E-state index contributed by atoms with van der Waals surface area (Å²) in [6.07, 6.45) is 3.28. The zero-order valence-corrected chi connectivity index (χ0v) is 8.85. The largest absolute Gasteiger partial charge is 0.481 e. The molecule has 2 rings (SSSR count). The van der Waals surface area contributed by atoms with Crippen molar-refractivity contribution in [3.8, 4) is 11.6 Å². The Kier molecular flexibility index (Phi) is 2.82. The first-order valence-electron chi connectivity index (χ1n) is 4.30. The second-order valence-corrected chi connectivity index (χ2v) is 3.08. The standard InChI is InChI=1S/C9H9ClN4O/c1-15-9-3-2-7(5-11-9)14-6-12-13-8(14)4-10/h2-3,5-6H,4H2,1H3. The lowest BCUT2D eigenvalue weighted by molar-refractivity contribution is 0.398. The minimum atomic E-state index is 0.312. The second-order valence-electron chi connectivity index (χ2n) is 2.81. The van der Waals surface area contributed by atoms with Crippen LogP contribution in [0.5, 0.6) is 5.88 Å². The molecule has 0 saturated heterocycles. The monoisotopic (exact) mass is 224 g/mol. The molecule has 0 aliphatic heterocycles. The van der Waals surface area contributed by atoms with E-state index in [1.807, 2.05) is 6.07 Å². The van der Waals surface area contributed by atoms with Gasteiger partial charge >= 0.3 is 0 Å².